The van der Waals surface area contributed by atoms with Crippen LogP contribution in [0.5, 0.6) is 5.75 Å². The van der Waals surface area contributed by atoms with Gasteiger partial charge in [0.25, 0.3) is 0 Å². The van der Waals surface area contributed by atoms with Crippen molar-refractivity contribution < 1.29 is 22.3 Å². The van der Waals surface area contributed by atoms with Gasteiger partial charge in [-0.05, 0) is 43.7 Å². The fourth-order valence-corrected chi connectivity index (χ4v) is 6.66. The number of anilines is 1. The van der Waals surface area contributed by atoms with Gasteiger partial charge in [0, 0.05) is 38.4 Å². The molecule has 0 saturated carbocycles. The third-order valence-electron chi connectivity index (χ3n) is 6.71. The molecule has 1 atom stereocenters. The molecule has 36 heavy (non-hydrogen) atoms. The molecule has 0 unspecified atom stereocenters. The second-order valence-electron chi connectivity index (χ2n) is 9.02. The Labute approximate surface area is 208 Å². The molecular formula is C24H27FN6O4S. The quantitative estimate of drug-likeness (QED) is 0.532. The van der Waals surface area contributed by atoms with Crippen LogP contribution in [0.3, 0.4) is 0 Å². The first-order valence-corrected chi connectivity index (χ1v) is 13.0. The molecule has 1 fully saturated rings. The molecule has 3 aromatic rings. The van der Waals surface area contributed by atoms with Crippen LogP contribution in [0, 0.1) is 19.8 Å². The number of hydrogen-bond acceptors (Lipinski definition) is 7. The monoisotopic (exact) mass is 514 g/mol. The van der Waals surface area contributed by atoms with E-state index in [0.29, 0.717) is 40.5 Å². The van der Waals surface area contributed by atoms with Gasteiger partial charge < -0.3 is 10.1 Å². The Morgan fingerprint density at radius 2 is 2.00 bits per heavy atom. The third kappa shape index (κ3) is 4.36. The number of fused-ring (bicyclic) bond motifs is 2. The molecule has 10 nitrogen and oxygen atoms in total. The molecule has 12 heteroatoms. The number of ether oxygens (including phenoxy) is 1. The number of nitrogens with one attached hydrogen (secondary N) is 1. The smallest absolute Gasteiger partial charge is 0.246 e. The molecule has 2 aliphatic heterocycles. The summed E-state index contributed by atoms with van der Waals surface area (Å²) in [7, 11) is -2.05. The zero-order valence-electron chi connectivity index (χ0n) is 20.2. The molecule has 5 rings (SSSR count). The van der Waals surface area contributed by atoms with Crippen molar-refractivity contribution in [2.45, 2.75) is 24.8 Å². The number of carbonyl (C=O) groups is 1. The van der Waals surface area contributed by atoms with E-state index in [2.05, 4.69) is 15.4 Å². The van der Waals surface area contributed by atoms with Gasteiger partial charge in [0.05, 0.1) is 29.7 Å². The second kappa shape index (κ2) is 9.26. The lowest BCUT2D eigenvalue weighted by Crippen LogP contribution is -2.57. The largest absolute Gasteiger partial charge is 0.490 e. The van der Waals surface area contributed by atoms with E-state index in [1.165, 1.54) is 10.5 Å². The van der Waals surface area contributed by atoms with Gasteiger partial charge in [0.2, 0.25) is 21.9 Å². The lowest BCUT2D eigenvalue weighted by atomic mass is 10.1. The predicted octanol–water partition coefficient (Wildman–Crippen LogP) is 1.94. The molecule has 190 valence electrons. The number of nitrogens with zero attached hydrogens (tertiary/aromatic N) is 5. The van der Waals surface area contributed by atoms with Crippen molar-refractivity contribution >= 4 is 21.6 Å². The Hall–Kier alpha value is -3.35. The summed E-state index contributed by atoms with van der Waals surface area (Å²) < 4.78 is 50.3. The fourth-order valence-electron chi connectivity index (χ4n) is 4.79. The van der Waals surface area contributed by atoms with E-state index in [1.807, 2.05) is 4.90 Å². The highest BCUT2D eigenvalue weighted by molar-refractivity contribution is 7.89. The van der Waals surface area contributed by atoms with Gasteiger partial charge in [-0.2, -0.15) is 13.8 Å². The molecule has 4 heterocycles. The van der Waals surface area contributed by atoms with Crippen LogP contribution in [0.25, 0.3) is 11.1 Å². The third-order valence-corrected chi connectivity index (χ3v) is 8.83. The number of amides is 1. The minimum atomic E-state index is -3.77. The van der Waals surface area contributed by atoms with Crippen LogP contribution < -0.4 is 10.1 Å². The Kier molecular flexibility index (Phi) is 6.27. The van der Waals surface area contributed by atoms with Crippen LogP contribution in [-0.4, -0.2) is 77.1 Å². The van der Waals surface area contributed by atoms with Gasteiger partial charge in [-0.25, -0.2) is 13.4 Å². The van der Waals surface area contributed by atoms with Crippen molar-refractivity contribution in [2.75, 3.05) is 38.1 Å². The first-order chi connectivity index (χ1) is 17.1. The molecule has 1 aromatic carbocycles. The number of rotatable bonds is 3. The first-order valence-electron chi connectivity index (χ1n) is 11.6. The first kappa shape index (κ1) is 24.3. The van der Waals surface area contributed by atoms with Crippen molar-refractivity contribution in [2.24, 2.45) is 7.05 Å². The Morgan fingerprint density at radius 3 is 2.72 bits per heavy atom. The highest BCUT2D eigenvalue weighted by atomic mass is 32.2. The molecule has 0 bridgehead atoms. The Balaban J connectivity index is 1.41. The highest BCUT2D eigenvalue weighted by Crippen LogP contribution is 2.33. The van der Waals surface area contributed by atoms with Gasteiger partial charge >= 0.3 is 0 Å². The Morgan fingerprint density at radius 1 is 1.19 bits per heavy atom. The summed E-state index contributed by atoms with van der Waals surface area (Å²) in [5.41, 5.74) is 2.33. The Bertz CT molecular complexity index is 1440. The second-order valence-corrected chi connectivity index (χ2v) is 10.9. The summed E-state index contributed by atoms with van der Waals surface area (Å²) in [4.78, 5) is 18.7. The topological polar surface area (TPSA) is 110 Å². The van der Waals surface area contributed by atoms with Crippen molar-refractivity contribution in [3.05, 3.63) is 53.9 Å². The molecule has 1 saturated heterocycles. The van der Waals surface area contributed by atoms with E-state index in [1.54, 1.807) is 55.9 Å². The molecule has 0 aliphatic carbocycles. The molecule has 1 N–H and O–H groups in total. The summed E-state index contributed by atoms with van der Waals surface area (Å²) in [6, 6.07) is 7.95. The average Bonchev–Trinajstić information content (AvgIpc) is 3.13. The van der Waals surface area contributed by atoms with Crippen molar-refractivity contribution in [1.29, 1.82) is 0 Å². The number of sulfonamides is 1. The van der Waals surface area contributed by atoms with E-state index in [0.717, 1.165) is 0 Å². The minimum absolute atomic E-state index is 0.0811. The normalized spacial score (nSPS) is 19.3. The van der Waals surface area contributed by atoms with Crippen LogP contribution >= 0.6 is 0 Å². The minimum Gasteiger partial charge on any atom is -0.490 e. The number of halogens is 1. The van der Waals surface area contributed by atoms with E-state index in [-0.39, 0.29) is 43.1 Å². The number of carbonyl (C=O) groups excluding carboxylic acids is 1. The van der Waals surface area contributed by atoms with Gasteiger partial charge in [-0.15, -0.1) is 0 Å². The zero-order valence-corrected chi connectivity index (χ0v) is 21.0. The van der Waals surface area contributed by atoms with Gasteiger partial charge in [-0.3, -0.25) is 14.4 Å². The fraction of sp³-hybridized carbons (Fsp3) is 0.375. The maximum atomic E-state index is 14.2. The highest BCUT2D eigenvalue weighted by Gasteiger charge is 2.38. The number of benzene rings is 1. The summed E-state index contributed by atoms with van der Waals surface area (Å²) in [6.07, 6.45) is 1.37. The van der Waals surface area contributed by atoms with Crippen LogP contribution in [0.15, 0.2) is 41.4 Å². The summed E-state index contributed by atoms with van der Waals surface area (Å²) in [6.45, 7) is 4.49. The van der Waals surface area contributed by atoms with E-state index < -0.39 is 16.0 Å². The van der Waals surface area contributed by atoms with Crippen molar-refractivity contribution in [3.8, 4) is 16.9 Å². The van der Waals surface area contributed by atoms with E-state index in [4.69, 9.17) is 4.74 Å². The SMILES string of the molecule is Cc1nn(C)c(C)c1S(=O)(=O)N1CCN2CC(=O)Nc3cc(-c4cccnc4F)ccc3OC[C@H]2C1. The van der Waals surface area contributed by atoms with Gasteiger partial charge in [0.15, 0.2) is 0 Å². The lowest BCUT2D eigenvalue weighted by Gasteiger charge is -2.39. The molecular weight excluding hydrogens is 487 g/mol. The van der Waals surface area contributed by atoms with Gasteiger partial charge in [-0.1, -0.05) is 6.07 Å². The molecule has 1 amide bonds. The number of piperazine rings is 1. The standard InChI is InChI=1S/C24H27FN6O4S/c1-15-23(16(2)29(3)28-15)36(33,34)31-10-9-30-13-22(32)27-20-11-17(19-5-4-8-26-24(19)25)6-7-21(20)35-14-18(30)12-31/h4-8,11,18H,9-10,12-14H2,1-3H3,(H,27,32)/t18-/m1/s1. The van der Waals surface area contributed by atoms with Crippen LogP contribution in [-0.2, 0) is 21.9 Å². The lowest BCUT2D eigenvalue weighted by molar-refractivity contribution is -0.118. The predicted molar refractivity (Wildman–Crippen MR) is 131 cm³/mol. The number of pyridine rings is 1. The van der Waals surface area contributed by atoms with Crippen LogP contribution in [0.1, 0.15) is 11.4 Å². The van der Waals surface area contributed by atoms with Crippen LogP contribution in [0.2, 0.25) is 0 Å². The summed E-state index contributed by atoms with van der Waals surface area (Å²) >= 11 is 0. The maximum Gasteiger partial charge on any atom is 0.246 e. The summed E-state index contributed by atoms with van der Waals surface area (Å²) in [5.74, 6) is -0.437. The van der Waals surface area contributed by atoms with E-state index >= 15 is 0 Å². The zero-order chi connectivity index (χ0) is 25.6. The molecule has 2 aliphatic rings. The molecule has 2 aromatic heterocycles. The maximum absolute atomic E-state index is 14.2. The average molecular weight is 515 g/mol. The number of hydrogen-bond donors (Lipinski definition) is 1. The van der Waals surface area contributed by atoms with Crippen molar-refractivity contribution in [1.82, 2.24) is 24.0 Å². The van der Waals surface area contributed by atoms with E-state index in [9.17, 15) is 17.6 Å². The number of aromatic nitrogens is 3. The van der Waals surface area contributed by atoms with Crippen molar-refractivity contribution in [3.63, 3.8) is 0 Å². The van der Waals surface area contributed by atoms with Gasteiger partial charge in [0.1, 0.15) is 17.3 Å². The van der Waals surface area contributed by atoms with Crippen LogP contribution in [0.4, 0.5) is 10.1 Å². The molecule has 0 spiro atoms. The summed E-state index contributed by atoms with van der Waals surface area (Å²) in [5, 5.41) is 7.12. The number of aryl methyl sites for hydroxylation is 2. The molecule has 0 radical (unpaired) electrons.